The monoisotopic (exact) mass is 486 g/mol. The van der Waals surface area contributed by atoms with Gasteiger partial charge in [-0.15, -0.1) is 0 Å². The number of fused-ring (bicyclic) bond motifs is 1. The van der Waals surface area contributed by atoms with Crippen LogP contribution in [-0.2, 0) is 45.1 Å². The van der Waals surface area contributed by atoms with Crippen molar-refractivity contribution in [2.24, 2.45) is 0 Å². The van der Waals surface area contributed by atoms with Gasteiger partial charge in [0.15, 0.2) is 0 Å². The molecule has 4 rings (SSSR count). The summed E-state index contributed by atoms with van der Waals surface area (Å²) in [6.45, 7) is 0.350. The summed E-state index contributed by atoms with van der Waals surface area (Å²) in [6.07, 6.45) is 0.726. The number of carbonyl (C=O) groups is 3. The first kappa shape index (κ1) is 25.0. The maximum Gasteiger partial charge on any atom is 0.411 e. The number of hydrogen-bond donors (Lipinski definition) is 1. The number of hydrogen-bond acceptors (Lipinski definition) is 5. The lowest BCUT2D eigenvalue weighted by Gasteiger charge is -2.35. The van der Waals surface area contributed by atoms with Crippen LogP contribution in [-0.4, -0.2) is 42.1 Å². The van der Waals surface area contributed by atoms with Gasteiger partial charge in [-0.2, -0.15) is 0 Å². The number of methoxy groups -OCH3 is 1. The molecule has 0 saturated heterocycles. The van der Waals surface area contributed by atoms with Gasteiger partial charge in [-0.05, 0) is 35.1 Å². The predicted octanol–water partition coefficient (Wildman–Crippen LogP) is 4.04. The largest absolute Gasteiger partial charge is 0.467 e. The Hall–Kier alpha value is -4.13. The molecule has 2 amide bonds. The second kappa shape index (κ2) is 12.0. The van der Waals surface area contributed by atoms with Gasteiger partial charge in [-0.1, -0.05) is 84.9 Å². The van der Waals surface area contributed by atoms with Crippen molar-refractivity contribution in [3.05, 3.63) is 107 Å². The number of nitrogens with zero attached hydrogens (tertiary/aromatic N) is 1. The van der Waals surface area contributed by atoms with E-state index in [9.17, 15) is 14.4 Å². The molecule has 36 heavy (non-hydrogen) atoms. The van der Waals surface area contributed by atoms with Gasteiger partial charge in [0.1, 0.15) is 18.7 Å². The molecular formula is C29H30N2O5. The summed E-state index contributed by atoms with van der Waals surface area (Å²) in [5, 5.41) is 2.83. The van der Waals surface area contributed by atoms with E-state index in [4.69, 9.17) is 9.47 Å². The van der Waals surface area contributed by atoms with Crippen molar-refractivity contribution in [2.75, 3.05) is 7.11 Å². The number of rotatable bonds is 8. The molecule has 2 atom stereocenters. The zero-order valence-electron chi connectivity index (χ0n) is 20.3. The van der Waals surface area contributed by atoms with Crippen molar-refractivity contribution in [3.63, 3.8) is 0 Å². The summed E-state index contributed by atoms with van der Waals surface area (Å²) in [5.41, 5.74) is 3.87. The second-order valence-electron chi connectivity index (χ2n) is 8.77. The minimum atomic E-state index is -0.831. The molecule has 0 aliphatic carbocycles. The van der Waals surface area contributed by atoms with Crippen molar-refractivity contribution in [1.29, 1.82) is 0 Å². The van der Waals surface area contributed by atoms with Gasteiger partial charge in [0, 0.05) is 6.42 Å². The molecule has 1 heterocycles. The molecule has 0 spiro atoms. The van der Waals surface area contributed by atoms with Gasteiger partial charge in [0.25, 0.3) is 0 Å². The first-order valence-corrected chi connectivity index (χ1v) is 12.0. The zero-order chi connectivity index (χ0) is 25.3. The summed E-state index contributed by atoms with van der Waals surface area (Å²) in [4.78, 5) is 40.5. The highest BCUT2D eigenvalue weighted by Crippen LogP contribution is 2.25. The van der Waals surface area contributed by atoms with Crippen LogP contribution in [0.3, 0.4) is 0 Å². The van der Waals surface area contributed by atoms with E-state index >= 15 is 0 Å². The van der Waals surface area contributed by atoms with E-state index in [0.717, 1.165) is 22.3 Å². The average molecular weight is 487 g/mol. The molecule has 1 aliphatic heterocycles. The van der Waals surface area contributed by atoms with E-state index in [-0.39, 0.29) is 13.2 Å². The number of benzene rings is 3. The third kappa shape index (κ3) is 6.30. The fourth-order valence-corrected chi connectivity index (χ4v) is 4.37. The molecule has 1 N–H and O–H groups in total. The number of esters is 1. The highest BCUT2D eigenvalue weighted by Gasteiger charge is 2.37. The molecule has 0 bridgehead atoms. The van der Waals surface area contributed by atoms with Crippen molar-refractivity contribution >= 4 is 18.0 Å². The van der Waals surface area contributed by atoms with Crippen LogP contribution in [0.25, 0.3) is 0 Å². The molecular weight excluding hydrogens is 456 g/mol. The number of carbonyl (C=O) groups excluding carboxylic acids is 3. The summed E-state index contributed by atoms with van der Waals surface area (Å²) in [6, 6.07) is 25.2. The Bertz CT molecular complexity index is 1180. The van der Waals surface area contributed by atoms with E-state index < -0.39 is 30.1 Å². The van der Waals surface area contributed by atoms with Gasteiger partial charge in [0.05, 0.1) is 13.7 Å². The Morgan fingerprint density at radius 2 is 1.50 bits per heavy atom. The Labute approximate surface area is 211 Å². The third-order valence-corrected chi connectivity index (χ3v) is 6.36. The average Bonchev–Trinajstić information content (AvgIpc) is 2.93. The molecule has 7 nitrogen and oxygen atoms in total. The lowest BCUT2D eigenvalue weighted by atomic mass is 9.93. The number of aryl methyl sites for hydroxylation is 1. The lowest BCUT2D eigenvalue weighted by molar-refractivity contribution is -0.146. The fourth-order valence-electron chi connectivity index (χ4n) is 4.37. The Morgan fingerprint density at radius 1 is 0.889 bits per heavy atom. The minimum Gasteiger partial charge on any atom is -0.467 e. The minimum absolute atomic E-state index is 0.105. The number of ether oxygens (including phenoxy) is 2. The van der Waals surface area contributed by atoms with E-state index in [1.54, 1.807) is 0 Å². The van der Waals surface area contributed by atoms with Gasteiger partial charge in [-0.25, -0.2) is 9.59 Å². The maximum atomic E-state index is 13.5. The molecule has 3 aromatic rings. The van der Waals surface area contributed by atoms with E-state index in [2.05, 4.69) is 5.32 Å². The zero-order valence-corrected chi connectivity index (χ0v) is 20.3. The molecule has 0 unspecified atom stereocenters. The van der Waals surface area contributed by atoms with Gasteiger partial charge < -0.3 is 14.8 Å². The first-order chi connectivity index (χ1) is 17.5. The van der Waals surface area contributed by atoms with Gasteiger partial charge >= 0.3 is 12.1 Å². The summed E-state index contributed by atoms with van der Waals surface area (Å²) < 4.78 is 10.5. The van der Waals surface area contributed by atoms with E-state index in [1.807, 2.05) is 84.9 Å². The maximum absolute atomic E-state index is 13.5. The fraction of sp³-hybridized carbons (Fsp3) is 0.276. The van der Waals surface area contributed by atoms with Crippen LogP contribution < -0.4 is 5.32 Å². The quantitative estimate of drug-likeness (QED) is 0.486. The molecule has 0 aromatic heterocycles. The van der Waals surface area contributed by atoms with Crippen LogP contribution in [0.2, 0.25) is 0 Å². The normalized spacial score (nSPS) is 15.4. The van der Waals surface area contributed by atoms with Gasteiger partial charge in [-0.3, -0.25) is 9.69 Å². The number of nitrogens with one attached hydrogen (secondary N) is 1. The Kier molecular flexibility index (Phi) is 8.34. The van der Waals surface area contributed by atoms with Crippen LogP contribution in [0.4, 0.5) is 4.79 Å². The Morgan fingerprint density at radius 3 is 2.17 bits per heavy atom. The summed E-state index contributed by atoms with van der Waals surface area (Å²) in [5.74, 6) is -0.932. The highest BCUT2D eigenvalue weighted by molar-refractivity contribution is 5.90. The van der Waals surface area contributed by atoms with Crippen molar-refractivity contribution in [3.8, 4) is 0 Å². The molecule has 7 heteroatoms. The molecule has 186 valence electrons. The van der Waals surface area contributed by atoms with Crippen LogP contribution in [0, 0.1) is 0 Å². The highest BCUT2D eigenvalue weighted by atomic mass is 16.6. The standard InChI is InChI=1S/C29H30N2O5/c1-35-28(33)25(17-16-21-10-4-2-5-11-21)30-27(32)26-18-23-14-8-9-15-24(23)19-31(26)29(34)36-20-22-12-6-3-7-13-22/h2-15,25-26H,16-20H2,1H3,(H,30,32)/t25-,26-/m0/s1. The molecule has 0 saturated carbocycles. The molecule has 0 radical (unpaired) electrons. The smallest absolute Gasteiger partial charge is 0.411 e. The van der Waals surface area contributed by atoms with Crippen molar-refractivity contribution in [2.45, 2.75) is 44.5 Å². The van der Waals surface area contributed by atoms with E-state index in [1.165, 1.54) is 12.0 Å². The topological polar surface area (TPSA) is 84.9 Å². The van der Waals surface area contributed by atoms with Crippen LogP contribution in [0.1, 0.15) is 28.7 Å². The molecule has 0 fully saturated rings. The SMILES string of the molecule is COC(=O)[C@H](CCc1ccccc1)NC(=O)[C@@H]1Cc2ccccc2CN1C(=O)OCc1ccccc1. The summed E-state index contributed by atoms with van der Waals surface area (Å²) in [7, 11) is 1.30. The van der Waals surface area contributed by atoms with Crippen molar-refractivity contribution < 1.29 is 23.9 Å². The molecule has 1 aliphatic rings. The lowest BCUT2D eigenvalue weighted by Crippen LogP contribution is -2.55. The third-order valence-electron chi connectivity index (χ3n) is 6.36. The predicted molar refractivity (Wildman–Crippen MR) is 135 cm³/mol. The van der Waals surface area contributed by atoms with Crippen LogP contribution in [0.15, 0.2) is 84.9 Å². The van der Waals surface area contributed by atoms with E-state index in [0.29, 0.717) is 19.3 Å². The van der Waals surface area contributed by atoms with Gasteiger partial charge in [0.2, 0.25) is 5.91 Å². The van der Waals surface area contributed by atoms with Crippen molar-refractivity contribution in [1.82, 2.24) is 10.2 Å². The molecule has 3 aromatic carbocycles. The second-order valence-corrected chi connectivity index (χ2v) is 8.77. The van der Waals surface area contributed by atoms with Crippen LogP contribution in [0.5, 0.6) is 0 Å². The number of amides is 2. The first-order valence-electron chi connectivity index (χ1n) is 12.0. The van der Waals surface area contributed by atoms with Crippen LogP contribution >= 0.6 is 0 Å². The summed E-state index contributed by atoms with van der Waals surface area (Å²) >= 11 is 0. The Balaban J connectivity index is 1.49.